The molecule has 5 heterocycles. The van der Waals surface area contributed by atoms with Crippen LogP contribution in [0.15, 0.2) is 84.9 Å². The summed E-state index contributed by atoms with van der Waals surface area (Å²) in [5.41, 5.74) is 4.08. The van der Waals surface area contributed by atoms with Crippen LogP contribution in [-0.2, 0) is 17.6 Å². The third-order valence-electron chi connectivity index (χ3n) is 7.72. The molecule has 2 amide bonds. The summed E-state index contributed by atoms with van der Waals surface area (Å²) >= 11 is 0. The van der Waals surface area contributed by atoms with Gasteiger partial charge in [-0.15, -0.1) is 0 Å². The summed E-state index contributed by atoms with van der Waals surface area (Å²) in [7, 11) is 1.62. The van der Waals surface area contributed by atoms with E-state index in [2.05, 4.69) is 5.32 Å². The van der Waals surface area contributed by atoms with E-state index in [1.54, 1.807) is 13.2 Å². The van der Waals surface area contributed by atoms with Crippen molar-refractivity contribution in [2.45, 2.75) is 25.3 Å². The Morgan fingerprint density at radius 1 is 1.00 bits per heavy atom. The van der Waals surface area contributed by atoms with E-state index in [1.165, 1.54) is 12.1 Å². The first-order chi connectivity index (χ1) is 20.5. The fraction of sp³-hybridized carbons (Fsp3) is 0.235. The summed E-state index contributed by atoms with van der Waals surface area (Å²) in [5, 5.41) is 13.1. The Morgan fingerprint density at radius 3 is 2.60 bits per heavy atom. The van der Waals surface area contributed by atoms with Gasteiger partial charge in [-0.25, -0.2) is 0 Å². The van der Waals surface area contributed by atoms with Crippen molar-refractivity contribution in [3.05, 3.63) is 113 Å². The van der Waals surface area contributed by atoms with Crippen molar-refractivity contribution in [3.63, 3.8) is 0 Å². The number of rotatable bonds is 3. The Bertz CT molecular complexity index is 1620. The van der Waals surface area contributed by atoms with Crippen LogP contribution in [0.2, 0.25) is 0 Å². The van der Waals surface area contributed by atoms with Crippen LogP contribution in [0.4, 0.5) is 0 Å². The molecule has 0 radical (unpaired) electrons. The van der Waals surface area contributed by atoms with Crippen molar-refractivity contribution in [3.8, 4) is 28.7 Å². The molecule has 8 bridgehead atoms. The molecule has 5 aliphatic heterocycles. The van der Waals surface area contributed by atoms with Crippen molar-refractivity contribution in [2.24, 2.45) is 0 Å². The lowest BCUT2D eigenvalue weighted by molar-refractivity contribution is -0.132. The number of hydrogen-bond donors (Lipinski definition) is 2. The van der Waals surface area contributed by atoms with E-state index in [1.807, 2.05) is 71.6 Å². The van der Waals surface area contributed by atoms with Crippen LogP contribution < -0.4 is 19.5 Å². The van der Waals surface area contributed by atoms with Gasteiger partial charge in [-0.2, -0.15) is 0 Å². The molecule has 8 heteroatoms. The fourth-order valence-corrected chi connectivity index (χ4v) is 5.61. The highest BCUT2D eigenvalue weighted by atomic mass is 16.5. The maximum absolute atomic E-state index is 13.8. The summed E-state index contributed by atoms with van der Waals surface area (Å²) in [6.07, 6.45) is 1.48. The monoisotopic (exact) mass is 564 g/mol. The maximum Gasteiger partial charge on any atom is 0.255 e. The molecule has 5 aliphatic rings. The molecule has 4 aromatic carbocycles. The number of phenolic OH excluding ortho intramolecular Hbond substituents is 1. The van der Waals surface area contributed by atoms with Gasteiger partial charge in [0.05, 0.1) is 31.7 Å². The van der Waals surface area contributed by atoms with E-state index in [9.17, 15) is 14.7 Å². The molecule has 0 aromatic heterocycles. The van der Waals surface area contributed by atoms with E-state index in [4.69, 9.17) is 14.2 Å². The molecule has 0 saturated carbocycles. The minimum Gasteiger partial charge on any atom is -0.507 e. The lowest BCUT2D eigenvalue weighted by atomic mass is 9.87. The minimum atomic E-state index is -0.383. The zero-order valence-electron chi connectivity index (χ0n) is 23.3. The number of hydrogen-bond acceptors (Lipinski definition) is 6. The number of phenols is 1. The van der Waals surface area contributed by atoms with E-state index in [-0.39, 0.29) is 35.6 Å². The fourth-order valence-electron chi connectivity index (χ4n) is 5.61. The Morgan fingerprint density at radius 2 is 1.76 bits per heavy atom. The standard InChI is InChI=1S/C34H32N2O6/c1-40-31-6-3-2-5-24(31)20-32(38)36-17-15-23-19-26-11-13-28(23)33(36)22-7-9-25(10-8-22)41-18-4-16-35-34(39)29-21-27(42-26)12-14-30(29)37/h2-3,5-14,19,21,33,37H,4,15-18,20H2,1H3,(H,35,39). The van der Waals surface area contributed by atoms with Gasteiger partial charge in [-0.05, 0) is 78.1 Å². The minimum absolute atomic E-state index is 0.0167. The molecule has 0 fully saturated rings. The topological polar surface area (TPSA) is 97.3 Å². The number of amides is 2. The van der Waals surface area contributed by atoms with Crippen molar-refractivity contribution in [1.29, 1.82) is 0 Å². The molecule has 214 valence electrons. The molecule has 0 aliphatic carbocycles. The van der Waals surface area contributed by atoms with Gasteiger partial charge in [0.2, 0.25) is 5.91 Å². The normalized spacial score (nSPS) is 16.4. The van der Waals surface area contributed by atoms with Gasteiger partial charge in [-0.1, -0.05) is 36.4 Å². The first kappa shape index (κ1) is 27.2. The molecule has 8 nitrogen and oxygen atoms in total. The number of carbonyl (C=O) groups excluding carboxylic acids is 2. The van der Waals surface area contributed by atoms with Crippen molar-refractivity contribution in [2.75, 3.05) is 26.8 Å². The highest BCUT2D eigenvalue weighted by molar-refractivity contribution is 5.97. The number of para-hydroxylation sites is 1. The van der Waals surface area contributed by atoms with E-state index >= 15 is 0 Å². The van der Waals surface area contributed by atoms with Gasteiger partial charge in [0.1, 0.15) is 28.7 Å². The lowest BCUT2D eigenvalue weighted by Crippen LogP contribution is -2.41. The summed E-state index contributed by atoms with van der Waals surface area (Å²) in [5.74, 6) is 1.97. The number of methoxy groups -OCH3 is 1. The third-order valence-corrected chi connectivity index (χ3v) is 7.72. The van der Waals surface area contributed by atoms with Gasteiger partial charge in [0.15, 0.2) is 0 Å². The first-order valence-electron chi connectivity index (χ1n) is 14.1. The Labute approximate surface area is 244 Å². The van der Waals surface area contributed by atoms with Gasteiger partial charge >= 0.3 is 0 Å². The number of nitrogens with zero attached hydrogens (tertiary/aromatic N) is 1. The number of ether oxygens (including phenoxy) is 3. The lowest BCUT2D eigenvalue weighted by Gasteiger charge is -2.38. The predicted molar refractivity (Wildman–Crippen MR) is 157 cm³/mol. The van der Waals surface area contributed by atoms with Crippen LogP contribution in [0.1, 0.15) is 45.1 Å². The zero-order valence-corrected chi connectivity index (χ0v) is 23.3. The largest absolute Gasteiger partial charge is 0.507 e. The highest BCUT2D eigenvalue weighted by Gasteiger charge is 2.33. The molecule has 4 aromatic rings. The molecule has 9 rings (SSSR count). The van der Waals surface area contributed by atoms with Crippen LogP contribution in [0.25, 0.3) is 0 Å². The van der Waals surface area contributed by atoms with Gasteiger partial charge in [0.25, 0.3) is 5.91 Å². The van der Waals surface area contributed by atoms with Crippen LogP contribution in [0.3, 0.4) is 0 Å². The molecule has 2 N–H and O–H groups in total. The van der Waals surface area contributed by atoms with Crippen molar-refractivity contribution in [1.82, 2.24) is 10.2 Å². The van der Waals surface area contributed by atoms with Crippen LogP contribution >= 0.6 is 0 Å². The molecular formula is C34H32N2O6. The van der Waals surface area contributed by atoms with Crippen LogP contribution in [0.5, 0.6) is 28.7 Å². The number of nitrogens with one attached hydrogen (secondary N) is 1. The van der Waals surface area contributed by atoms with Gasteiger partial charge < -0.3 is 29.5 Å². The molecule has 0 saturated heterocycles. The van der Waals surface area contributed by atoms with E-state index < -0.39 is 0 Å². The van der Waals surface area contributed by atoms with Crippen molar-refractivity contribution < 1.29 is 28.9 Å². The predicted octanol–water partition coefficient (Wildman–Crippen LogP) is 5.42. The summed E-state index contributed by atoms with van der Waals surface area (Å²) in [4.78, 5) is 28.5. The SMILES string of the molecule is COc1ccccc1CC(=O)N1CCc2cc3ccc2C1c1ccc(cc1)OCCCNC(=O)c1cc(ccc1O)O3. The zero-order chi connectivity index (χ0) is 29.1. The number of carbonyl (C=O) groups is 2. The second kappa shape index (κ2) is 11.9. The van der Waals surface area contributed by atoms with Crippen LogP contribution in [-0.4, -0.2) is 48.6 Å². The number of benzene rings is 4. The van der Waals surface area contributed by atoms with E-state index in [0.29, 0.717) is 55.5 Å². The summed E-state index contributed by atoms with van der Waals surface area (Å²) in [6.45, 7) is 1.33. The Hall–Kier alpha value is -4.98. The molecule has 1 unspecified atom stereocenters. The molecular weight excluding hydrogens is 532 g/mol. The molecule has 42 heavy (non-hydrogen) atoms. The molecule has 1 atom stereocenters. The van der Waals surface area contributed by atoms with E-state index in [0.717, 1.165) is 22.3 Å². The maximum atomic E-state index is 13.8. The second-order valence-corrected chi connectivity index (χ2v) is 10.4. The summed E-state index contributed by atoms with van der Waals surface area (Å²) < 4.78 is 17.6. The number of aromatic hydroxyl groups is 1. The Balaban J connectivity index is 1.38. The van der Waals surface area contributed by atoms with Crippen LogP contribution in [0, 0.1) is 0 Å². The highest BCUT2D eigenvalue weighted by Crippen LogP contribution is 2.39. The second-order valence-electron chi connectivity index (χ2n) is 10.4. The third kappa shape index (κ3) is 5.61. The Kier molecular flexibility index (Phi) is 7.68. The average Bonchev–Trinajstić information content (AvgIpc) is 3.01. The van der Waals surface area contributed by atoms with Crippen molar-refractivity contribution >= 4 is 11.8 Å². The average molecular weight is 565 g/mol. The first-order valence-corrected chi connectivity index (χ1v) is 14.1. The quantitative estimate of drug-likeness (QED) is 0.345. The molecule has 0 spiro atoms. The van der Waals surface area contributed by atoms with Gasteiger partial charge in [0, 0.05) is 18.7 Å². The van der Waals surface area contributed by atoms with Gasteiger partial charge in [-0.3, -0.25) is 9.59 Å². The smallest absolute Gasteiger partial charge is 0.255 e. The summed E-state index contributed by atoms with van der Waals surface area (Å²) in [6, 6.07) is 25.7.